The van der Waals surface area contributed by atoms with Gasteiger partial charge in [-0.1, -0.05) is 11.6 Å². The predicted octanol–water partition coefficient (Wildman–Crippen LogP) is 1.25. The van der Waals surface area contributed by atoms with Crippen LogP contribution in [0.4, 0.5) is 0 Å². The molecule has 0 amide bonds. The van der Waals surface area contributed by atoms with Crippen molar-refractivity contribution in [3.63, 3.8) is 0 Å². The molecule has 6 nitrogen and oxygen atoms in total. The smallest absolute Gasteiger partial charge is 0.250 e. The van der Waals surface area contributed by atoms with Gasteiger partial charge in [0.1, 0.15) is 4.21 Å². The summed E-state index contributed by atoms with van der Waals surface area (Å²) in [6, 6.07) is 3.31. The van der Waals surface area contributed by atoms with E-state index in [0.29, 0.717) is 16.8 Å². The number of hydrogen-bond acceptors (Lipinski definition) is 4. The van der Waals surface area contributed by atoms with Crippen LogP contribution in [0.15, 0.2) is 21.3 Å². The summed E-state index contributed by atoms with van der Waals surface area (Å²) in [5.74, 6) is 0.637. The van der Waals surface area contributed by atoms with E-state index in [-0.39, 0.29) is 16.8 Å². The van der Waals surface area contributed by atoms with Crippen molar-refractivity contribution in [1.82, 2.24) is 15.4 Å². The van der Waals surface area contributed by atoms with E-state index < -0.39 is 10.0 Å². The van der Waals surface area contributed by atoms with Crippen LogP contribution in [0.5, 0.6) is 0 Å². The fourth-order valence-electron chi connectivity index (χ4n) is 1.35. The van der Waals surface area contributed by atoms with Gasteiger partial charge in [0.2, 0.25) is 10.0 Å². The van der Waals surface area contributed by atoms with Crippen LogP contribution in [0.1, 0.15) is 13.8 Å². The quantitative estimate of drug-likeness (QED) is 0.414. The molecular formula is C11H19ClN4O2S2. The van der Waals surface area contributed by atoms with E-state index in [2.05, 4.69) is 20.3 Å². The van der Waals surface area contributed by atoms with E-state index in [9.17, 15) is 8.42 Å². The summed E-state index contributed by atoms with van der Waals surface area (Å²) >= 11 is 6.76. The van der Waals surface area contributed by atoms with Gasteiger partial charge in [-0.15, -0.1) is 11.3 Å². The Balaban J connectivity index is 2.41. The number of guanidine groups is 1. The lowest BCUT2D eigenvalue weighted by molar-refractivity contribution is 0.582. The lowest BCUT2D eigenvalue weighted by atomic mass is 10.4. The molecule has 1 heterocycles. The van der Waals surface area contributed by atoms with Gasteiger partial charge in [-0.3, -0.25) is 4.99 Å². The Kier molecular flexibility index (Phi) is 6.74. The average molecular weight is 339 g/mol. The molecule has 1 aromatic rings. The molecule has 114 valence electrons. The van der Waals surface area contributed by atoms with E-state index in [0.717, 1.165) is 11.3 Å². The third-order valence-electron chi connectivity index (χ3n) is 2.17. The van der Waals surface area contributed by atoms with Crippen molar-refractivity contribution in [2.75, 3.05) is 20.1 Å². The third kappa shape index (κ3) is 5.66. The Labute approximate surface area is 128 Å². The molecule has 0 spiro atoms. The van der Waals surface area contributed by atoms with Gasteiger partial charge >= 0.3 is 0 Å². The second-order valence-corrected chi connectivity index (χ2v) is 7.96. The van der Waals surface area contributed by atoms with Crippen molar-refractivity contribution >= 4 is 38.9 Å². The molecule has 20 heavy (non-hydrogen) atoms. The van der Waals surface area contributed by atoms with Crippen LogP contribution in [-0.4, -0.2) is 40.6 Å². The second-order valence-electron chi connectivity index (χ2n) is 4.25. The number of hydrogen-bond donors (Lipinski definition) is 3. The maximum atomic E-state index is 11.9. The fraction of sp³-hybridized carbons (Fsp3) is 0.545. The van der Waals surface area contributed by atoms with E-state index in [1.165, 1.54) is 6.07 Å². The normalized spacial score (nSPS) is 12.8. The first-order chi connectivity index (χ1) is 9.35. The van der Waals surface area contributed by atoms with Gasteiger partial charge in [0, 0.05) is 26.2 Å². The summed E-state index contributed by atoms with van der Waals surface area (Å²) < 4.78 is 27.0. The number of nitrogens with one attached hydrogen (secondary N) is 3. The molecule has 0 bridgehead atoms. The Morgan fingerprint density at radius 2 is 2.10 bits per heavy atom. The van der Waals surface area contributed by atoms with Gasteiger partial charge in [0.25, 0.3) is 0 Å². The highest BCUT2D eigenvalue weighted by atomic mass is 35.5. The molecule has 0 aliphatic rings. The first-order valence-corrected chi connectivity index (χ1v) is 8.75. The number of nitrogens with zero attached hydrogens (tertiary/aromatic N) is 1. The topological polar surface area (TPSA) is 82.6 Å². The van der Waals surface area contributed by atoms with Crippen LogP contribution in [0, 0.1) is 0 Å². The zero-order valence-electron chi connectivity index (χ0n) is 11.6. The average Bonchev–Trinajstić information content (AvgIpc) is 2.80. The van der Waals surface area contributed by atoms with Gasteiger partial charge in [-0.2, -0.15) is 0 Å². The van der Waals surface area contributed by atoms with Crippen molar-refractivity contribution < 1.29 is 8.42 Å². The molecule has 9 heteroatoms. The largest absolute Gasteiger partial charge is 0.355 e. The van der Waals surface area contributed by atoms with Crippen LogP contribution in [0.25, 0.3) is 0 Å². The first-order valence-electron chi connectivity index (χ1n) is 6.07. The van der Waals surface area contributed by atoms with Crippen molar-refractivity contribution in [1.29, 1.82) is 0 Å². The highest BCUT2D eigenvalue weighted by molar-refractivity contribution is 7.91. The molecule has 0 saturated carbocycles. The number of sulfonamides is 1. The van der Waals surface area contributed by atoms with Gasteiger partial charge in [-0.25, -0.2) is 13.1 Å². The molecule has 0 unspecified atom stereocenters. The minimum absolute atomic E-state index is 0.215. The zero-order valence-corrected chi connectivity index (χ0v) is 14.0. The van der Waals surface area contributed by atoms with Crippen molar-refractivity contribution in [3.8, 4) is 0 Å². The lowest BCUT2D eigenvalue weighted by Gasteiger charge is -2.14. The molecular weight excluding hydrogens is 320 g/mol. The standard InChI is InChI=1S/C11H19ClN4O2S2/c1-8(2)16-11(13-3)14-6-7-15-20(17,18)10-5-4-9(12)19-10/h4-5,8,15H,6-7H2,1-3H3,(H2,13,14,16). The van der Waals surface area contributed by atoms with Gasteiger partial charge in [0.15, 0.2) is 5.96 Å². The summed E-state index contributed by atoms with van der Waals surface area (Å²) in [6.07, 6.45) is 0. The van der Waals surface area contributed by atoms with Gasteiger partial charge in [0.05, 0.1) is 4.34 Å². The van der Waals surface area contributed by atoms with Gasteiger partial charge < -0.3 is 10.6 Å². The van der Waals surface area contributed by atoms with Crippen LogP contribution in [0.3, 0.4) is 0 Å². The summed E-state index contributed by atoms with van der Waals surface area (Å²) in [4.78, 5) is 4.03. The molecule has 1 aromatic heterocycles. The maximum Gasteiger partial charge on any atom is 0.250 e. The van der Waals surface area contributed by atoms with E-state index in [1.54, 1.807) is 13.1 Å². The SMILES string of the molecule is CN=C(NCCNS(=O)(=O)c1ccc(Cl)s1)NC(C)C. The molecule has 0 radical (unpaired) electrons. The Morgan fingerprint density at radius 1 is 1.40 bits per heavy atom. The Hall–Kier alpha value is -0.830. The van der Waals surface area contributed by atoms with Crippen LogP contribution in [0.2, 0.25) is 4.34 Å². The highest BCUT2D eigenvalue weighted by Crippen LogP contribution is 2.24. The number of aliphatic imine (C=N–C) groups is 1. The van der Waals surface area contributed by atoms with Gasteiger partial charge in [-0.05, 0) is 26.0 Å². The molecule has 0 fully saturated rings. The Bertz CT molecular complexity index is 555. The van der Waals surface area contributed by atoms with Crippen LogP contribution >= 0.6 is 22.9 Å². The Morgan fingerprint density at radius 3 is 2.60 bits per heavy atom. The van der Waals surface area contributed by atoms with E-state index in [4.69, 9.17) is 11.6 Å². The molecule has 0 aliphatic heterocycles. The maximum absolute atomic E-state index is 11.9. The minimum Gasteiger partial charge on any atom is -0.355 e. The summed E-state index contributed by atoms with van der Waals surface area (Å²) in [6.45, 7) is 4.69. The highest BCUT2D eigenvalue weighted by Gasteiger charge is 2.15. The molecule has 0 saturated heterocycles. The van der Waals surface area contributed by atoms with Crippen LogP contribution < -0.4 is 15.4 Å². The van der Waals surface area contributed by atoms with Crippen molar-refractivity contribution in [2.24, 2.45) is 4.99 Å². The van der Waals surface area contributed by atoms with Crippen molar-refractivity contribution in [3.05, 3.63) is 16.5 Å². The summed E-state index contributed by atoms with van der Waals surface area (Å²) in [7, 11) is -1.82. The van der Waals surface area contributed by atoms with E-state index >= 15 is 0 Å². The summed E-state index contributed by atoms with van der Waals surface area (Å²) in [5.41, 5.74) is 0. The third-order valence-corrected chi connectivity index (χ3v) is 5.36. The first kappa shape index (κ1) is 17.2. The molecule has 3 N–H and O–H groups in total. The number of rotatable bonds is 6. The van der Waals surface area contributed by atoms with Crippen LogP contribution in [-0.2, 0) is 10.0 Å². The molecule has 0 aliphatic carbocycles. The second kappa shape index (κ2) is 7.82. The number of halogens is 1. The molecule has 1 rings (SSSR count). The monoisotopic (exact) mass is 338 g/mol. The zero-order chi connectivity index (χ0) is 15.2. The summed E-state index contributed by atoms with van der Waals surface area (Å²) in [5, 5.41) is 6.13. The van der Waals surface area contributed by atoms with Crippen molar-refractivity contribution in [2.45, 2.75) is 24.1 Å². The fourth-order valence-corrected chi connectivity index (χ4v) is 3.91. The minimum atomic E-state index is -3.48. The van der Waals surface area contributed by atoms with E-state index in [1.807, 2.05) is 13.8 Å². The molecule has 0 atom stereocenters. The number of thiophene rings is 1. The molecule has 0 aromatic carbocycles. The lowest BCUT2D eigenvalue weighted by Crippen LogP contribution is -2.43. The predicted molar refractivity (Wildman–Crippen MR) is 84.2 cm³/mol.